The molecule has 3 aromatic rings. The van der Waals surface area contributed by atoms with Crippen molar-refractivity contribution >= 4 is 34.6 Å². The zero-order chi connectivity index (χ0) is 28.3. The standard InChI is InChI=1S/C28H27ClF5N3O2/c1-3-16(2)17-4-7-19(8-5-17)39-15-22(38)35-18-6-9-21(20(29)14-18)36-10-12-37(13-11-36)28-26(33)24(31)23(30)25(32)27(28)34/h4-9,14,16H,3,10-13,15H2,1-2H3,(H,35,38)/t16-/m0/s1. The summed E-state index contributed by atoms with van der Waals surface area (Å²) in [5, 5.41) is 3.04. The van der Waals surface area contributed by atoms with Crippen molar-refractivity contribution in [2.24, 2.45) is 0 Å². The number of carbonyl (C=O) groups excluding carboxylic acids is 1. The fourth-order valence-electron chi connectivity index (χ4n) is 4.36. The summed E-state index contributed by atoms with van der Waals surface area (Å²) < 4.78 is 74.5. The number of benzene rings is 3. The van der Waals surface area contributed by atoms with Gasteiger partial charge in [-0.2, -0.15) is 0 Å². The molecule has 39 heavy (non-hydrogen) atoms. The molecule has 0 aromatic heterocycles. The molecule has 1 fully saturated rings. The van der Waals surface area contributed by atoms with Crippen LogP contribution in [-0.4, -0.2) is 38.7 Å². The maximum absolute atomic E-state index is 14.2. The van der Waals surface area contributed by atoms with Gasteiger partial charge in [0.2, 0.25) is 5.82 Å². The fraction of sp³-hybridized carbons (Fsp3) is 0.321. The molecule has 0 radical (unpaired) electrons. The molecule has 1 N–H and O–H groups in total. The highest BCUT2D eigenvalue weighted by atomic mass is 35.5. The van der Waals surface area contributed by atoms with E-state index < -0.39 is 34.8 Å². The van der Waals surface area contributed by atoms with E-state index in [-0.39, 0.29) is 38.7 Å². The normalized spacial score (nSPS) is 14.4. The number of halogens is 6. The van der Waals surface area contributed by atoms with E-state index in [9.17, 15) is 26.7 Å². The first-order valence-electron chi connectivity index (χ1n) is 12.4. The molecular weight excluding hydrogens is 541 g/mol. The number of amides is 1. The number of rotatable bonds is 8. The Labute approximate surface area is 228 Å². The molecule has 1 heterocycles. The summed E-state index contributed by atoms with van der Waals surface area (Å²) in [6, 6.07) is 12.5. The van der Waals surface area contributed by atoms with Crippen molar-refractivity contribution in [3.8, 4) is 5.75 Å². The zero-order valence-corrected chi connectivity index (χ0v) is 22.1. The highest BCUT2D eigenvalue weighted by molar-refractivity contribution is 6.33. The highest BCUT2D eigenvalue weighted by Crippen LogP contribution is 2.33. The first kappa shape index (κ1) is 28.5. The van der Waals surface area contributed by atoms with Gasteiger partial charge in [-0.25, -0.2) is 22.0 Å². The lowest BCUT2D eigenvalue weighted by atomic mass is 9.99. The predicted octanol–water partition coefficient (Wildman–Crippen LogP) is 6.89. The van der Waals surface area contributed by atoms with Crippen molar-refractivity contribution in [3.05, 3.63) is 82.1 Å². The van der Waals surface area contributed by atoms with Gasteiger partial charge in [0.15, 0.2) is 29.9 Å². The summed E-state index contributed by atoms with van der Waals surface area (Å²) in [4.78, 5) is 15.3. The lowest BCUT2D eigenvalue weighted by Crippen LogP contribution is -2.47. The summed E-state index contributed by atoms with van der Waals surface area (Å²) in [5.41, 5.74) is 1.31. The molecule has 1 atom stereocenters. The fourth-order valence-corrected chi connectivity index (χ4v) is 4.66. The van der Waals surface area contributed by atoms with Crippen LogP contribution in [0.4, 0.5) is 39.0 Å². The molecule has 1 amide bonds. The van der Waals surface area contributed by atoms with Gasteiger partial charge in [-0.05, 0) is 48.2 Å². The number of nitrogens with zero attached hydrogens (tertiary/aromatic N) is 2. The molecule has 0 unspecified atom stereocenters. The molecule has 11 heteroatoms. The minimum Gasteiger partial charge on any atom is -0.484 e. The average Bonchev–Trinajstić information content (AvgIpc) is 2.94. The summed E-state index contributed by atoms with van der Waals surface area (Å²) in [6.45, 7) is 4.50. The topological polar surface area (TPSA) is 44.8 Å². The quantitative estimate of drug-likeness (QED) is 0.183. The molecule has 208 valence electrons. The van der Waals surface area contributed by atoms with Crippen LogP contribution in [0.3, 0.4) is 0 Å². The second-order valence-corrected chi connectivity index (χ2v) is 9.68. The van der Waals surface area contributed by atoms with Gasteiger partial charge in [-0.15, -0.1) is 0 Å². The first-order valence-corrected chi connectivity index (χ1v) is 12.8. The number of nitrogens with one attached hydrogen (secondary N) is 1. The van der Waals surface area contributed by atoms with Gasteiger partial charge in [0.05, 0.1) is 10.7 Å². The summed E-state index contributed by atoms with van der Waals surface area (Å²) in [5.74, 6) is -9.21. The SMILES string of the molecule is CC[C@H](C)c1ccc(OCC(=O)Nc2ccc(N3CCN(c4c(F)c(F)c(F)c(F)c4F)CC3)c(Cl)c2)cc1. The number of anilines is 3. The van der Waals surface area contributed by atoms with Gasteiger partial charge >= 0.3 is 0 Å². The Bertz CT molecular complexity index is 1320. The molecule has 1 aliphatic rings. The van der Waals surface area contributed by atoms with E-state index in [1.54, 1.807) is 18.2 Å². The van der Waals surface area contributed by atoms with Crippen molar-refractivity contribution in [2.75, 3.05) is 47.9 Å². The monoisotopic (exact) mass is 567 g/mol. The minimum absolute atomic E-state index is 0.00282. The molecule has 0 saturated carbocycles. The molecule has 3 aromatic carbocycles. The van der Waals surface area contributed by atoms with Crippen LogP contribution >= 0.6 is 11.6 Å². The Kier molecular flexibility index (Phi) is 8.84. The molecule has 0 aliphatic carbocycles. The first-order chi connectivity index (χ1) is 18.6. The molecule has 0 bridgehead atoms. The number of ether oxygens (including phenoxy) is 1. The smallest absolute Gasteiger partial charge is 0.262 e. The van der Waals surface area contributed by atoms with Gasteiger partial charge in [0.1, 0.15) is 11.4 Å². The van der Waals surface area contributed by atoms with Crippen molar-refractivity contribution in [2.45, 2.75) is 26.2 Å². The van der Waals surface area contributed by atoms with Gasteiger partial charge in [-0.1, -0.05) is 37.6 Å². The lowest BCUT2D eigenvalue weighted by molar-refractivity contribution is -0.118. The van der Waals surface area contributed by atoms with Crippen LogP contribution in [0.1, 0.15) is 31.7 Å². The lowest BCUT2D eigenvalue weighted by Gasteiger charge is -2.38. The maximum Gasteiger partial charge on any atom is 0.262 e. The van der Waals surface area contributed by atoms with Crippen molar-refractivity contribution in [1.82, 2.24) is 0 Å². The Morgan fingerprint density at radius 3 is 2.03 bits per heavy atom. The molecular formula is C28H27ClF5N3O2. The molecule has 4 rings (SSSR count). The van der Waals surface area contributed by atoms with E-state index in [0.29, 0.717) is 28.1 Å². The molecule has 0 spiro atoms. The van der Waals surface area contributed by atoms with E-state index in [1.807, 2.05) is 29.2 Å². The zero-order valence-electron chi connectivity index (χ0n) is 21.3. The number of piperazine rings is 1. The van der Waals surface area contributed by atoms with Crippen LogP contribution in [-0.2, 0) is 4.79 Å². The van der Waals surface area contributed by atoms with Gasteiger partial charge in [0.25, 0.3) is 5.91 Å². The molecule has 1 aliphatic heterocycles. The van der Waals surface area contributed by atoms with E-state index in [1.165, 1.54) is 5.56 Å². The number of hydrogen-bond acceptors (Lipinski definition) is 4. The third kappa shape index (κ3) is 6.21. The van der Waals surface area contributed by atoms with Gasteiger partial charge in [0, 0.05) is 31.9 Å². The Hall–Kier alpha value is -3.53. The molecule has 5 nitrogen and oxygen atoms in total. The van der Waals surface area contributed by atoms with E-state index in [4.69, 9.17) is 16.3 Å². The van der Waals surface area contributed by atoms with E-state index in [0.717, 1.165) is 11.3 Å². The van der Waals surface area contributed by atoms with Crippen LogP contribution in [0.25, 0.3) is 0 Å². The Balaban J connectivity index is 1.33. The van der Waals surface area contributed by atoms with Crippen LogP contribution in [0.5, 0.6) is 5.75 Å². The van der Waals surface area contributed by atoms with Crippen molar-refractivity contribution < 1.29 is 31.5 Å². The largest absolute Gasteiger partial charge is 0.484 e. The second kappa shape index (κ2) is 12.1. The minimum atomic E-state index is -2.19. The number of hydrogen-bond donors (Lipinski definition) is 1. The molecule has 1 saturated heterocycles. The Morgan fingerprint density at radius 1 is 0.897 bits per heavy atom. The average molecular weight is 568 g/mol. The maximum atomic E-state index is 14.2. The van der Waals surface area contributed by atoms with E-state index >= 15 is 0 Å². The summed E-state index contributed by atoms with van der Waals surface area (Å²) in [7, 11) is 0. The van der Waals surface area contributed by atoms with Gasteiger partial charge in [-0.3, -0.25) is 4.79 Å². The van der Waals surface area contributed by atoms with Crippen LogP contribution in [0.15, 0.2) is 42.5 Å². The third-order valence-electron chi connectivity index (χ3n) is 6.79. The second-order valence-electron chi connectivity index (χ2n) is 9.27. The third-order valence-corrected chi connectivity index (χ3v) is 7.09. The number of carbonyl (C=O) groups is 1. The van der Waals surface area contributed by atoms with Crippen LogP contribution < -0.4 is 19.9 Å². The Morgan fingerprint density at radius 2 is 1.46 bits per heavy atom. The van der Waals surface area contributed by atoms with E-state index in [2.05, 4.69) is 19.2 Å². The predicted molar refractivity (Wildman–Crippen MR) is 141 cm³/mol. The summed E-state index contributed by atoms with van der Waals surface area (Å²) >= 11 is 6.44. The van der Waals surface area contributed by atoms with Crippen molar-refractivity contribution in [1.29, 1.82) is 0 Å². The van der Waals surface area contributed by atoms with Crippen LogP contribution in [0.2, 0.25) is 5.02 Å². The highest BCUT2D eigenvalue weighted by Gasteiger charge is 2.31. The summed E-state index contributed by atoms with van der Waals surface area (Å²) in [6.07, 6.45) is 1.03. The van der Waals surface area contributed by atoms with Crippen LogP contribution in [0, 0.1) is 29.1 Å². The van der Waals surface area contributed by atoms with Gasteiger partial charge < -0.3 is 19.9 Å². The van der Waals surface area contributed by atoms with Crippen molar-refractivity contribution in [3.63, 3.8) is 0 Å².